The minimum Gasteiger partial charge on any atom is -0.496 e. The van der Waals surface area contributed by atoms with E-state index in [1.165, 1.54) is 0 Å². The highest BCUT2D eigenvalue weighted by Crippen LogP contribution is 2.27. The summed E-state index contributed by atoms with van der Waals surface area (Å²) in [5.74, 6) is 0.852. The van der Waals surface area contributed by atoms with Gasteiger partial charge in [-0.2, -0.15) is 10.2 Å². The van der Waals surface area contributed by atoms with Gasteiger partial charge in [-0.15, -0.1) is 0 Å². The smallest absolute Gasteiger partial charge is 0.122 e. The van der Waals surface area contributed by atoms with E-state index in [0.29, 0.717) is 5.69 Å². The molecule has 2 aromatic rings. The van der Waals surface area contributed by atoms with Gasteiger partial charge in [0.25, 0.3) is 0 Å². The maximum absolute atomic E-state index is 5.81. The Bertz CT molecular complexity index is 496. The second-order valence-electron chi connectivity index (χ2n) is 3.33. The van der Waals surface area contributed by atoms with Crippen molar-refractivity contribution in [1.29, 1.82) is 0 Å². The first-order valence-electron chi connectivity index (χ1n) is 4.84. The van der Waals surface area contributed by atoms with E-state index in [1.54, 1.807) is 13.3 Å². The number of ether oxygens (including phenoxy) is 1. The lowest BCUT2D eigenvalue weighted by molar-refractivity contribution is 0.411. The molecule has 78 valence electrons. The van der Waals surface area contributed by atoms with E-state index >= 15 is 0 Å². The molecule has 0 bridgehead atoms. The van der Waals surface area contributed by atoms with Crippen LogP contribution in [0.3, 0.4) is 0 Å². The maximum atomic E-state index is 5.81. The predicted molar refractivity (Wildman–Crippen MR) is 59.9 cm³/mol. The summed E-state index contributed by atoms with van der Waals surface area (Å²) in [7, 11) is 1.66. The first-order valence-corrected chi connectivity index (χ1v) is 4.84. The van der Waals surface area contributed by atoms with Crippen LogP contribution in [-0.4, -0.2) is 17.3 Å². The van der Waals surface area contributed by atoms with Crippen LogP contribution in [0.1, 0.15) is 12.5 Å². The molecular formula is C11H13N3O. The minimum absolute atomic E-state index is 0.626. The van der Waals surface area contributed by atoms with Crippen molar-refractivity contribution in [3.05, 3.63) is 23.9 Å². The van der Waals surface area contributed by atoms with Crippen LogP contribution in [0.25, 0.3) is 10.9 Å². The van der Waals surface area contributed by atoms with E-state index < -0.39 is 0 Å². The summed E-state index contributed by atoms with van der Waals surface area (Å²) >= 11 is 0. The molecule has 4 nitrogen and oxygen atoms in total. The summed E-state index contributed by atoms with van der Waals surface area (Å²) in [5.41, 5.74) is 8.37. The Balaban J connectivity index is 2.75. The lowest BCUT2D eigenvalue weighted by Crippen LogP contribution is -1.96. The molecular weight excluding hydrogens is 190 g/mol. The molecule has 0 aliphatic carbocycles. The average Bonchev–Trinajstić information content (AvgIpc) is 2.28. The molecule has 0 aliphatic rings. The lowest BCUT2D eigenvalue weighted by Gasteiger charge is -2.08. The van der Waals surface area contributed by atoms with Crippen LogP contribution in [0.15, 0.2) is 18.3 Å². The van der Waals surface area contributed by atoms with E-state index in [2.05, 4.69) is 17.1 Å². The molecule has 0 radical (unpaired) electrons. The number of hydrogen-bond donors (Lipinski definition) is 1. The molecule has 1 aromatic heterocycles. The molecule has 4 heteroatoms. The largest absolute Gasteiger partial charge is 0.496 e. The fourth-order valence-corrected chi connectivity index (χ4v) is 1.61. The number of methoxy groups -OCH3 is 1. The van der Waals surface area contributed by atoms with Gasteiger partial charge >= 0.3 is 0 Å². The summed E-state index contributed by atoms with van der Waals surface area (Å²) in [6.07, 6.45) is 2.45. The van der Waals surface area contributed by atoms with Crippen molar-refractivity contribution in [1.82, 2.24) is 10.2 Å². The lowest BCUT2D eigenvalue weighted by atomic mass is 10.1. The van der Waals surface area contributed by atoms with Crippen molar-refractivity contribution in [3.63, 3.8) is 0 Å². The Morgan fingerprint density at radius 2 is 2.20 bits per heavy atom. The molecule has 0 saturated carbocycles. The van der Waals surface area contributed by atoms with E-state index in [9.17, 15) is 0 Å². The molecule has 0 amide bonds. The number of rotatable bonds is 2. The van der Waals surface area contributed by atoms with Crippen LogP contribution < -0.4 is 10.5 Å². The zero-order valence-corrected chi connectivity index (χ0v) is 8.82. The van der Waals surface area contributed by atoms with Gasteiger partial charge in [-0.3, -0.25) is 0 Å². The monoisotopic (exact) mass is 203 g/mol. The Morgan fingerprint density at radius 1 is 1.40 bits per heavy atom. The molecule has 2 rings (SSSR count). The summed E-state index contributed by atoms with van der Waals surface area (Å²) < 4.78 is 5.30. The Morgan fingerprint density at radius 3 is 2.87 bits per heavy atom. The van der Waals surface area contributed by atoms with Crippen molar-refractivity contribution in [3.8, 4) is 5.75 Å². The highest BCUT2D eigenvalue weighted by atomic mass is 16.5. The molecule has 15 heavy (non-hydrogen) atoms. The number of aromatic nitrogens is 2. The second-order valence-corrected chi connectivity index (χ2v) is 3.33. The quantitative estimate of drug-likeness (QED) is 0.808. The molecule has 0 fully saturated rings. The van der Waals surface area contributed by atoms with E-state index in [1.807, 2.05) is 12.1 Å². The molecule has 0 aliphatic heterocycles. The van der Waals surface area contributed by atoms with Crippen LogP contribution in [-0.2, 0) is 6.42 Å². The van der Waals surface area contributed by atoms with Crippen molar-refractivity contribution >= 4 is 16.6 Å². The van der Waals surface area contributed by atoms with Crippen molar-refractivity contribution < 1.29 is 4.74 Å². The molecule has 1 heterocycles. The van der Waals surface area contributed by atoms with Gasteiger partial charge in [-0.25, -0.2) is 0 Å². The van der Waals surface area contributed by atoms with Gasteiger partial charge in [0.15, 0.2) is 0 Å². The Hall–Kier alpha value is -1.84. The Labute approximate surface area is 88.1 Å². The first kappa shape index (κ1) is 9.71. The number of nitrogen functional groups attached to an aromatic ring is 1. The van der Waals surface area contributed by atoms with Crippen LogP contribution in [0.2, 0.25) is 0 Å². The summed E-state index contributed by atoms with van der Waals surface area (Å²) in [5, 5.41) is 8.76. The Kier molecular flexibility index (Phi) is 2.41. The third kappa shape index (κ3) is 1.58. The van der Waals surface area contributed by atoms with Gasteiger partial charge in [-0.1, -0.05) is 6.92 Å². The number of aryl methyl sites for hydroxylation is 1. The van der Waals surface area contributed by atoms with E-state index in [0.717, 1.165) is 28.6 Å². The molecule has 2 N–H and O–H groups in total. The van der Waals surface area contributed by atoms with Gasteiger partial charge in [0, 0.05) is 5.39 Å². The topological polar surface area (TPSA) is 61.0 Å². The SMILES string of the molecule is CCc1cc2nncc(N)c2cc1OC. The van der Waals surface area contributed by atoms with Crippen LogP contribution >= 0.6 is 0 Å². The molecule has 0 unspecified atom stereocenters. The summed E-state index contributed by atoms with van der Waals surface area (Å²) in [6, 6.07) is 3.88. The highest BCUT2D eigenvalue weighted by molar-refractivity contribution is 5.90. The fraction of sp³-hybridized carbons (Fsp3) is 0.273. The third-order valence-electron chi connectivity index (χ3n) is 2.45. The molecule has 0 spiro atoms. The first-order chi connectivity index (χ1) is 7.26. The zero-order chi connectivity index (χ0) is 10.8. The van der Waals surface area contributed by atoms with E-state index in [-0.39, 0.29) is 0 Å². The van der Waals surface area contributed by atoms with Gasteiger partial charge in [0.2, 0.25) is 0 Å². The second kappa shape index (κ2) is 3.73. The number of nitrogens with zero attached hydrogens (tertiary/aromatic N) is 2. The molecule has 0 saturated heterocycles. The standard InChI is InChI=1S/C11H13N3O/c1-3-7-4-10-8(5-11(7)15-2)9(12)6-13-14-10/h4-6H,3H2,1-2H3,(H2,12,14). The van der Waals surface area contributed by atoms with Gasteiger partial charge in [0.1, 0.15) is 5.75 Å². The molecule has 0 atom stereocenters. The van der Waals surface area contributed by atoms with Gasteiger partial charge < -0.3 is 10.5 Å². The fourth-order valence-electron chi connectivity index (χ4n) is 1.61. The number of benzene rings is 1. The maximum Gasteiger partial charge on any atom is 0.122 e. The van der Waals surface area contributed by atoms with Crippen molar-refractivity contribution in [2.45, 2.75) is 13.3 Å². The summed E-state index contributed by atoms with van der Waals surface area (Å²) in [4.78, 5) is 0. The van der Waals surface area contributed by atoms with E-state index in [4.69, 9.17) is 10.5 Å². The minimum atomic E-state index is 0.626. The molecule has 1 aromatic carbocycles. The van der Waals surface area contributed by atoms with Crippen molar-refractivity contribution in [2.24, 2.45) is 0 Å². The van der Waals surface area contributed by atoms with Gasteiger partial charge in [-0.05, 0) is 24.1 Å². The van der Waals surface area contributed by atoms with Gasteiger partial charge in [0.05, 0.1) is 24.5 Å². The zero-order valence-electron chi connectivity index (χ0n) is 8.82. The number of hydrogen-bond acceptors (Lipinski definition) is 4. The third-order valence-corrected chi connectivity index (χ3v) is 2.45. The van der Waals surface area contributed by atoms with Crippen LogP contribution in [0, 0.1) is 0 Å². The average molecular weight is 203 g/mol. The number of nitrogens with two attached hydrogens (primary N) is 1. The summed E-state index contributed by atoms with van der Waals surface area (Å²) in [6.45, 7) is 2.07. The predicted octanol–water partition coefficient (Wildman–Crippen LogP) is 1.78. The van der Waals surface area contributed by atoms with Crippen molar-refractivity contribution in [2.75, 3.05) is 12.8 Å². The number of anilines is 1. The normalized spacial score (nSPS) is 10.5. The van der Waals surface area contributed by atoms with Crippen LogP contribution in [0.4, 0.5) is 5.69 Å². The number of fused-ring (bicyclic) bond motifs is 1. The highest BCUT2D eigenvalue weighted by Gasteiger charge is 2.06. The van der Waals surface area contributed by atoms with Crippen LogP contribution in [0.5, 0.6) is 5.75 Å².